The van der Waals surface area contributed by atoms with Gasteiger partial charge in [-0.1, -0.05) is 62.1 Å². The number of carbonyl (C=O) groups is 2. The lowest BCUT2D eigenvalue weighted by Gasteiger charge is -2.15. The highest BCUT2D eigenvalue weighted by atomic mass is 33.1. The van der Waals surface area contributed by atoms with E-state index in [-0.39, 0.29) is 11.3 Å². The van der Waals surface area contributed by atoms with E-state index in [0.29, 0.717) is 18.6 Å². The third-order valence-corrected chi connectivity index (χ3v) is 6.01. The fourth-order valence-electron chi connectivity index (χ4n) is 1.98. The monoisotopic (exact) mass is 376 g/mol. The Bertz CT molecular complexity index is 344. The Labute approximate surface area is 156 Å². The van der Waals surface area contributed by atoms with Crippen molar-refractivity contribution in [3.8, 4) is 0 Å². The number of Topliss-reactive ketones (excluding diaryl/α,β-unsaturated/α-hetero) is 1. The topological polar surface area (TPSA) is 58.2 Å². The van der Waals surface area contributed by atoms with Crippen LogP contribution in [0.1, 0.15) is 66.2 Å². The molecule has 24 heavy (non-hydrogen) atoms. The molecule has 0 bridgehead atoms. The SMILES string of the molecule is CCNCCCCCCNC(=O)CCSSCCC(=O)C(C)(C)C. The number of hydrogen-bond donors (Lipinski definition) is 2. The number of nitrogens with one attached hydrogen (secondary N) is 2. The van der Waals surface area contributed by atoms with Crippen LogP contribution in [0.25, 0.3) is 0 Å². The Hall–Kier alpha value is -0.200. The van der Waals surface area contributed by atoms with E-state index in [0.717, 1.165) is 37.6 Å². The Morgan fingerprint density at radius 2 is 1.46 bits per heavy atom. The van der Waals surface area contributed by atoms with Crippen LogP contribution in [-0.4, -0.2) is 42.8 Å². The summed E-state index contributed by atoms with van der Waals surface area (Å²) in [4.78, 5) is 23.5. The minimum atomic E-state index is -0.238. The van der Waals surface area contributed by atoms with Crippen molar-refractivity contribution >= 4 is 33.3 Å². The van der Waals surface area contributed by atoms with E-state index in [2.05, 4.69) is 17.6 Å². The summed E-state index contributed by atoms with van der Waals surface area (Å²) < 4.78 is 0. The molecule has 0 saturated carbocycles. The van der Waals surface area contributed by atoms with E-state index in [9.17, 15) is 9.59 Å². The molecule has 0 aromatic rings. The predicted molar refractivity (Wildman–Crippen MR) is 109 cm³/mol. The van der Waals surface area contributed by atoms with Crippen LogP contribution >= 0.6 is 21.6 Å². The molecule has 0 atom stereocenters. The summed E-state index contributed by atoms with van der Waals surface area (Å²) in [7, 11) is 3.38. The van der Waals surface area contributed by atoms with Crippen LogP contribution < -0.4 is 10.6 Å². The Balaban J connectivity index is 3.34. The second-order valence-corrected chi connectivity index (χ2v) is 9.64. The largest absolute Gasteiger partial charge is 0.356 e. The second kappa shape index (κ2) is 15.1. The zero-order valence-electron chi connectivity index (χ0n) is 15.9. The van der Waals surface area contributed by atoms with E-state index < -0.39 is 0 Å². The van der Waals surface area contributed by atoms with Crippen LogP contribution in [-0.2, 0) is 9.59 Å². The highest BCUT2D eigenvalue weighted by Gasteiger charge is 2.20. The highest BCUT2D eigenvalue weighted by molar-refractivity contribution is 8.76. The van der Waals surface area contributed by atoms with Gasteiger partial charge in [0, 0.05) is 36.3 Å². The number of ketones is 1. The third-order valence-electron chi connectivity index (χ3n) is 3.60. The number of amides is 1. The van der Waals surface area contributed by atoms with Crippen LogP contribution in [0.4, 0.5) is 0 Å². The lowest BCUT2D eigenvalue weighted by Crippen LogP contribution is -2.24. The molecule has 0 aliphatic heterocycles. The van der Waals surface area contributed by atoms with E-state index >= 15 is 0 Å². The molecule has 142 valence electrons. The molecule has 0 radical (unpaired) electrons. The van der Waals surface area contributed by atoms with Gasteiger partial charge in [-0.3, -0.25) is 9.59 Å². The van der Waals surface area contributed by atoms with Crippen molar-refractivity contribution in [2.24, 2.45) is 5.41 Å². The molecule has 0 spiro atoms. The maximum Gasteiger partial charge on any atom is 0.220 e. The molecule has 0 fully saturated rings. The van der Waals surface area contributed by atoms with E-state index in [1.165, 1.54) is 19.3 Å². The minimum Gasteiger partial charge on any atom is -0.356 e. The van der Waals surface area contributed by atoms with Gasteiger partial charge in [-0.2, -0.15) is 0 Å². The molecule has 4 nitrogen and oxygen atoms in total. The summed E-state index contributed by atoms with van der Waals surface area (Å²) in [5, 5.41) is 6.30. The van der Waals surface area contributed by atoms with Crippen LogP contribution in [0, 0.1) is 5.41 Å². The predicted octanol–water partition coefficient (Wildman–Crippen LogP) is 4.05. The molecule has 1 amide bonds. The first-order valence-electron chi connectivity index (χ1n) is 9.13. The maximum absolute atomic E-state index is 11.8. The van der Waals surface area contributed by atoms with Gasteiger partial charge >= 0.3 is 0 Å². The first-order chi connectivity index (χ1) is 11.4. The summed E-state index contributed by atoms with van der Waals surface area (Å²) in [6.07, 6.45) is 5.86. The number of hydrogen-bond acceptors (Lipinski definition) is 5. The second-order valence-electron chi connectivity index (χ2n) is 6.93. The zero-order valence-corrected chi connectivity index (χ0v) is 17.5. The standard InChI is InChI=1S/C18H36N2O2S2/c1-5-19-12-8-6-7-9-13-20-17(22)11-15-24-23-14-10-16(21)18(2,3)4/h19H,5-15H2,1-4H3,(H,20,22). The Kier molecular flexibility index (Phi) is 15.0. The van der Waals surface area contributed by atoms with Gasteiger partial charge in [-0.15, -0.1) is 0 Å². The quantitative estimate of drug-likeness (QED) is 0.333. The first-order valence-corrected chi connectivity index (χ1v) is 11.6. The molecule has 0 saturated heterocycles. The first kappa shape index (κ1) is 23.8. The van der Waals surface area contributed by atoms with Gasteiger partial charge < -0.3 is 10.6 Å². The summed E-state index contributed by atoms with van der Waals surface area (Å²) in [5.41, 5.74) is -0.238. The van der Waals surface area contributed by atoms with Gasteiger partial charge in [0.25, 0.3) is 0 Å². The lowest BCUT2D eigenvalue weighted by molar-refractivity contribution is -0.125. The molecule has 2 N–H and O–H groups in total. The normalized spacial score (nSPS) is 11.5. The average Bonchev–Trinajstić information content (AvgIpc) is 2.52. The van der Waals surface area contributed by atoms with Crippen LogP contribution in [0.2, 0.25) is 0 Å². The van der Waals surface area contributed by atoms with Gasteiger partial charge in [0.15, 0.2) is 0 Å². The summed E-state index contributed by atoms with van der Waals surface area (Å²) >= 11 is 0. The van der Waals surface area contributed by atoms with Crippen molar-refractivity contribution in [1.82, 2.24) is 10.6 Å². The molecule has 0 aliphatic rings. The van der Waals surface area contributed by atoms with Crippen molar-refractivity contribution in [2.75, 3.05) is 31.1 Å². The fraction of sp³-hybridized carbons (Fsp3) is 0.889. The summed E-state index contributed by atoms with van der Waals surface area (Å²) in [6.45, 7) is 10.9. The van der Waals surface area contributed by atoms with Crippen LogP contribution in [0.5, 0.6) is 0 Å². The number of unbranched alkanes of at least 4 members (excludes halogenated alkanes) is 3. The summed E-state index contributed by atoms with van der Waals surface area (Å²) in [6, 6.07) is 0. The van der Waals surface area contributed by atoms with Gasteiger partial charge in [0.05, 0.1) is 0 Å². The molecular formula is C18H36N2O2S2. The zero-order chi connectivity index (χ0) is 18.3. The minimum absolute atomic E-state index is 0.140. The molecule has 0 aliphatic carbocycles. The Morgan fingerprint density at radius 3 is 2.04 bits per heavy atom. The number of carbonyl (C=O) groups excluding carboxylic acids is 2. The van der Waals surface area contributed by atoms with E-state index in [4.69, 9.17) is 0 Å². The molecule has 0 aromatic heterocycles. The van der Waals surface area contributed by atoms with E-state index in [1.54, 1.807) is 21.6 Å². The molecule has 0 unspecified atom stereocenters. The van der Waals surface area contributed by atoms with Crippen LogP contribution in [0.3, 0.4) is 0 Å². The van der Waals surface area contributed by atoms with Crippen molar-refractivity contribution in [3.63, 3.8) is 0 Å². The van der Waals surface area contributed by atoms with Gasteiger partial charge in [0.1, 0.15) is 5.78 Å². The van der Waals surface area contributed by atoms with Gasteiger partial charge in [-0.25, -0.2) is 0 Å². The molecule has 0 aromatic carbocycles. The third kappa shape index (κ3) is 15.3. The molecule has 0 rings (SSSR count). The van der Waals surface area contributed by atoms with Crippen molar-refractivity contribution in [3.05, 3.63) is 0 Å². The smallest absolute Gasteiger partial charge is 0.220 e. The average molecular weight is 377 g/mol. The van der Waals surface area contributed by atoms with Crippen molar-refractivity contribution < 1.29 is 9.59 Å². The summed E-state index contributed by atoms with van der Waals surface area (Å²) in [5.74, 6) is 2.08. The highest BCUT2D eigenvalue weighted by Crippen LogP contribution is 2.25. The molecule has 6 heteroatoms. The maximum atomic E-state index is 11.8. The van der Waals surface area contributed by atoms with Crippen molar-refractivity contribution in [2.45, 2.75) is 66.2 Å². The Morgan fingerprint density at radius 1 is 0.875 bits per heavy atom. The van der Waals surface area contributed by atoms with E-state index in [1.807, 2.05) is 20.8 Å². The van der Waals surface area contributed by atoms with Gasteiger partial charge in [-0.05, 0) is 25.9 Å². The van der Waals surface area contributed by atoms with Crippen LogP contribution in [0.15, 0.2) is 0 Å². The molecular weight excluding hydrogens is 340 g/mol. The fourth-order valence-corrected chi connectivity index (χ4v) is 3.96. The van der Waals surface area contributed by atoms with Gasteiger partial charge in [0.2, 0.25) is 5.91 Å². The van der Waals surface area contributed by atoms with Crippen molar-refractivity contribution in [1.29, 1.82) is 0 Å². The lowest BCUT2D eigenvalue weighted by atomic mass is 9.89. The molecule has 0 heterocycles. The number of rotatable bonds is 15.